The molecule has 1 heterocycles. The molecular formula is C17H23N3O4S. The molecule has 0 aliphatic carbocycles. The van der Waals surface area contributed by atoms with E-state index in [-0.39, 0.29) is 17.9 Å². The van der Waals surface area contributed by atoms with Gasteiger partial charge in [0.2, 0.25) is 21.8 Å². The Labute approximate surface area is 148 Å². The topological polar surface area (TPSA) is 95.6 Å². The predicted octanol–water partition coefficient (Wildman–Crippen LogP) is 1.20. The van der Waals surface area contributed by atoms with Crippen LogP contribution < -0.4 is 10.6 Å². The number of nitrogens with one attached hydrogen (secondary N) is 2. The second kappa shape index (κ2) is 8.26. The molecule has 1 aromatic rings. The number of hydrogen-bond acceptors (Lipinski definition) is 4. The Morgan fingerprint density at radius 1 is 1.16 bits per heavy atom. The van der Waals surface area contributed by atoms with Gasteiger partial charge in [0.05, 0.1) is 6.26 Å². The van der Waals surface area contributed by atoms with Crippen molar-refractivity contribution in [3.05, 3.63) is 35.9 Å². The van der Waals surface area contributed by atoms with E-state index < -0.39 is 10.0 Å². The number of carbonyl (C=O) groups is 2. The number of sulfonamides is 1. The van der Waals surface area contributed by atoms with Crippen molar-refractivity contribution in [1.82, 2.24) is 9.62 Å². The first-order valence-electron chi connectivity index (χ1n) is 8.05. The van der Waals surface area contributed by atoms with Crippen LogP contribution in [0.4, 0.5) is 5.69 Å². The maximum atomic E-state index is 12.0. The fraction of sp³-hybridized carbons (Fsp3) is 0.412. The van der Waals surface area contributed by atoms with Gasteiger partial charge in [0, 0.05) is 37.8 Å². The molecule has 0 unspecified atom stereocenters. The summed E-state index contributed by atoms with van der Waals surface area (Å²) in [5.41, 5.74) is 1.54. The lowest BCUT2D eigenvalue weighted by Crippen LogP contribution is -2.45. The highest BCUT2D eigenvalue weighted by atomic mass is 32.2. The van der Waals surface area contributed by atoms with Crippen molar-refractivity contribution in [3.8, 4) is 0 Å². The Bertz CT molecular complexity index is 749. The maximum Gasteiger partial charge on any atom is 0.244 e. The van der Waals surface area contributed by atoms with Crippen molar-refractivity contribution >= 4 is 33.6 Å². The minimum absolute atomic E-state index is 0.0164. The minimum atomic E-state index is -3.15. The summed E-state index contributed by atoms with van der Waals surface area (Å²) >= 11 is 0. The smallest absolute Gasteiger partial charge is 0.244 e. The van der Waals surface area contributed by atoms with Gasteiger partial charge in [0.15, 0.2) is 0 Å². The molecule has 2 rings (SSSR count). The van der Waals surface area contributed by atoms with E-state index in [9.17, 15) is 18.0 Å². The molecule has 1 fully saturated rings. The molecule has 25 heavy (non-hydrogen) atoms. The number of nitrogens with zero attached hydrogens (tertiary/aromatic N) is 1. The van der Waals surface area contributed by atoms with Gasteiger partial charge in [-0.05, 0) is 36.6 Å². The summed E-state index contributed by atoms with van der Waals surface area (Å²) in [7, 11) is -3.15. The molecule has 0 radical (unpaired) electrons. The van der Waals surface area contributed by atoms with E-state index in [1.807, 2.05) is 0 Å². The van der Waals surface area contributed by atoms with Crippen molar-refractivity contribution in [3.63, 3.8) is 0 Å². The van der Waals surface area contributed by atoms with Crippen molar-refractivity contribution < 1.29 is 18.0 Å². The number of piperidine rings is 1. The summed E-state index contributed by atoms with van der Waals surface area (Å²) in [6, 6.07) is 7.12. The second-order valence-electron chi connectivity index (χ2n) is 6.08. The summed E-state index contributed by atoms with van der Waals surface area (Å²) in [5, 5.41) is 5.57. The number of rotatable bonds is 5. The number of amides is 2. The molecular weight excluding hydrogens is 342 g/mol. The Morgan fingerprint density at radius 2 is 1.76 bits per heavy atom. The van der Waals surface area contributed by atoms with Crippen molar-refractivity contribution in [2.24, 2.45) is 0 Å². The minimum Gasteiger partial charge on any atom is -0.350 e. The highest BCUT2D eigenvalue weighted by Crippen LogP contribution is 2.14. The summed E-state index contributed by atoms with van der Waals surface area (Å²) in [4.78, 5) is 23.0. The number of anilines is 1. The van der Waals surface area contributed by atoms with E-state index in [0.29, 0.717) is 31.6 Å². The highest BCUT2D eigenvalue weighted by Gasteiger charge is 2.25. The molecule has 0 atom stereocenters. The van der Waals surface area contributed by atoms with Crippen LogP contribution in [0.15, 0.2) is 30.3 Å². The lowest BCUT2D eigenvalue weighted by atomic mass is 10.1. The average Bonchev–Trinajstić information content (AvgIpc) is 2.53. The SMILES string of the molecule is CC(=O)Nc1ccc(/C=C/C(=O)NC2CCN(S(C)(=O)=O)CC2)cc1. The third kappa shape index (κ3) is 6.32. The molecule has 1 aromatic carbocycles. The lowest BCUT2D eigenvalue weighted by molar-refractivity contribution is -0.117. The predicted molar refractivity (Wildman–Crippen MR) is 97.4 cm³/mol. The summed E-state index contributed by atoms with van der Waals surface area (Å²) < 4.78 is 24.4. The first-order chi connectivity index (χ1) is 11.7. The van der Waals surface area contributed by atoms with Gasteiger partial charge >= 0.3 is 0 Å². The van der Waals surface area contributed by atoms with Crippen molar-refractivity contribution in [1.29, 1.82) is 0 Å². The molecule has 0 aromatic heterocycles. The monoisotopic (exact) mass is 365 g/mol. The zero-order chi connectivity index (χ0) is 18.4. The highest BCUT2D eigenvalue weighted by molar-refractivity contribution is 7.88. The third-order valence-corrected chi connectivity index (χ3v) is 5.23. The fourth-order valence-electron chi connectivity index (χ4n) is 2.63. The van der Waals surface area contributed by atoms with Crippen molar-refractivity contribution in [2.45, 2.75) is 25.8 Å². The van der Waals surface area contributed by atoms with Gasteiger partial charge in [-0.2, -0.15) is 0 Å². The van der Waals surface area contributed by atoms with Gasteiger partial charge < -0.3 is 10.6 Å². The largest absolute Gasteiger partial charge is 0.350 e. The van der Waals surface area contributed by atoms with Crippen LogP contribution in [0, 0.1) is 0 Å². The van der Waals surface area contributed by atoms with Gasteiger partial charge in [-0.1, -0.05) is 12.1 Å². The van der Waals surface area contributed by atoms with Gasteiger partial charge in [-0.3, -0.25) is 9.59 Å². The van der Waals surface area contributed by atoms with Crippen LogP contribution in [0.3, 0.4) is 0 Å². The number of carbonyl (C=O) groups excluding carboxylic acids is 2. The zero-order valence-corrected chi connectivity index (χ0v) is 15.2. The van der Waals surface area contributed by atoms with Crippen LogP contribution in [0.25, 0.3) is 6.08 Å². The quantitative estimate of drug-likeness (QED) is 0.767. The molecule has 7 nitrogen and oxygen atoms in total. The molecule has 2 N–H and O–H groups in total. The van der Waals surface area contributed by atoms with E-state index in [0.717, 1.165) is 5.56 Å². The van der Waals surface area contributed by atoms with E-state index in [1.165, 1.54) is 23.6 Å². The second-order valence-corrected chi connectivity index (χ2v) is 8.06. The first kappa shape index (κ1) is 19.1. The molecule has 1 aliphatic rings. The number of benzene rings is 1. The zero-order valence-electron chi connectivity index (χ0n) is 14.4. The van der Waals surface area contributed by atoms with E-state index in [4.69, 9.17) is 0 Å². The Hall–Kier alpha value is -2.19. The van der Waals surface area contributed by atoms with Gasteiger partial charge in [0.1, 0.15) is 0 Å². The standard InChI is InChI=1S/C17H23N3O4S/c1-13(21)18-15-6-3-14(4-7-15)5-8-17(22)19-16-9-11-20(12-10-16)25(2,23)24/h3-8,16H,9-12H2,1-2H3,(H,18,21)(H,19,22)/b8-5+. The van der Waals surface area contributed by atoms with Crippen LogP contribution in [0.1, 0.15) is 25.3 Å². The molecule has 1 aliphatic heterocycles. The van der Waals surface area contributed by atoms with Crippen LogP contribution >= 0.6 is 0 Å². The molecule has 8 heteroatoms. The Morgan fingerprint density at radius 3 is 2.28 bits per heavy atom. The molecule has 0 spiro atoms. The van der Waals surface area contributed by atoms with Gasteiger partial charge in [-0.25, -0.2) is 12.7 Å². The average molecular weight is 365 g/mol. The molecule has 0 bridgehead atoms. The summed E-state index contributed by atoms with van der Waals surface area (Å²) in [6.07, 6.45) is 5.57. The van der Waals surface area contributed by atoms with Crippen LogP contribution in [-0.4, -0.2) is 49.9 Å². The van der Waals surface area contributed by atoms with E-state index >= 15 is 0 Å². The maximum absolute atomic E-state index is 12.0. The third-order valence-electron chi connectivity index (χ3n) is 3.93. The van der Waals surface area contributed by atoms with Crippen LogP contribution in [0.2, 0.25) is 0 Å². The van der Waals surface area contributed by atoms with Crippen molar-refractivity contribution in [2.75, 3.05) is 24.7 Å². The van der Waals surface area contributed by atoms with E-state index in [1.54, 1.807) is 30.3 Å². The molecule has 2 amide bonds. The summed E-state index contributed by atoms with van der Waals surface area (Å²) in [6.45, 7) is 2.30. The van der Waals surface area contributed by atoms with Crippen LogP contribution in [0.5, 0.6) is 0 Å². The Kier molecular flexibility index (Phi) is 6.33. The van der Waals surface area contributed by atoms with Crippen LogP contribution in [-0.2, 0) is 19.6 Å². The first-order valence-corrected chi connectivity index (χ1v) is 9.90. The van der Waals surface area contributed by atoms with Gasteiger partial charge in [0.25, 0.3) is 0 Å². The van der Waals surface area contributed by atoms with Gasteiger partial charge in [-0.15, -0.1) is 0 Å². The van der Waals surface area contributed by atoms with E-state index in [2.05, 4.69) is 10.6 Å². The Balaban J connectivity index is 1.82. The molecule has 1 saturated heterocycles. The molecule has 0 saturated carbocycles. The normalized spacial score (nSPS) is 16.7. The summed E-state index contributed by atoms with van der Waals surface area (Å²) in [5.74, 6) is -0.340. The number of hydrogen-bond donors (Lipinski definition) is 2. The fourth-order valence-corrected chi connectivity index (χ4v) is 3.51. The molecule has 136 valence electrons. The lowest BCUT2D eigenvalue weighted by Gasteiger charge is -2.30.